The molecule has 0 saturated heterocycles. The Hall–Kier alpha value is -0.740. The first-order valence-corrected chi connectivity index (χ1v) is 8.19. The van der Waals surface area contributed by atoms with E-state index in [1.807, 2.05) is 43.3 Å². The number of rotatable bonds is 5. The Morgan fingerprint density at radius 1 is 1.19 bits per heavy atom. The van der Waals surface area contributed by atoms with Gasteiger partial charge in [-0.25, -0.2) is 0 Å². The van der Waals surface area contributed by atoms with Crippen LogP contribution in [0.4, 0.5) is 0 Å². The van der Waals surface area contributed by atoms with Crippen molar-refractivity contribution < 1.29 is 4.74 Å². The van der Waals surface area contributed by atoms with Crippen LogP contribution in [0.5, 0.6) is 5.75 Å². The van der Waals surface area contributed by atoms with Crippen molar-refractivity contribution >= 4 is 39.1 Å². The van der Waals surface area contributed by atoms with Crippen molar-refractivity contribution in [2.75, 3.05) is 0 Å². The van der Waals surface area contributed by atoms with E-state index in [0.717, 1.165) is 16.5 Å². The zero-order valence-corrected chi connectivity index (χ0v) is 14.6. The van der Waals surface area contributed by atoms with Crippen LogP contribution in [0.15, 0.2) is 46.9 Å². The van der Waals surface area contributed by atoms with Gasteiger partial charge in [0, 0.05) is 15.5 Å². The third kappa shape index (κ3) is 4.36. The maximum atomic E-state index is 6.21. The molecule has 0 aromatic heterocycles. The quantitative estimate of drug-likeness (QED) is 0.721. The Balaban J connectivity index is 2.35. The molecule has 2 aromatic rings. The highest BCUT2D eigenvalue weighted by Gasteiger charge is 2.22. The van der Waals surface area contributed by atoms with Gasteiger partial charge in [-0.2, -0.15) is 0 Å². The van der Waals surface area contributed by atoms with E-state index in [-0.39, 0.29) is 12.1 Å². The summed E-state index contributed by atoms with van der Waals surface area (Å²) in [6.45, 7) is 2.02. The van der Waals surface area contributed by atoms with E-state index in [9.17, 15) is 0 Å². The lowest BCUT2D eigenvalue weighted by Crippen LogP contribution is -2.31. The number of hydrogen-bond donors (Lipinski definition) is 1. The Labute approximate surface area is 143 Å². The molecule has 2 aromatic carbocycles. The van der Waals surface area contributed by atoms with Gasteiger partial charge in [-0.05, 0) is 42.3 Å². The maximum absolute atomic E-state index is 6.21. The van der Waals surface area contributed by atoms with Crippen LogP contribution in [0.1, 0.15) is 25.0 Å². The van der Waals surface area contributed by atoms with Gasteiger partial charge in [-0.1, -0.05) is 58.2 Å². The Morgan fingerprint density at radius 2 is 1.95 bits per heavy atom. The summed E-state index contributed by atoms with van der Waals surface area (Å²) < 4.78 is 6.97. The fraction of sp³-hybridized carbons (Fsp3) is 0.250. The van der Waals surface area contributed by atoms with Gasteiger partial charge in [-0.3, -0.25) is 0 Å². The molecular weight excluding hydrogens is 373 g/mol. The molecular formula is C16H16BrCl2NO. The smallest absolute Gasteiger partial charge is 0.140 e. The first-order valence-electron chi connectivity index (χ1n) is 6.64. The second kappa shape index (κ2) is 7.50. The van der Waals surface area contributed by atoms with Crippen LogP contribution in [-0.4, -0.2) is 6.04 Å². The molecule has 0 bridgehead atoms. The number of ether oxygens (including phenoxy) is 1. The summed E-state index contributed by atoms with van der Waals surface area (Å²) in [5, 5.41) is 1.21. The fourth-order valence-electron chi connectivity index (χ4n) is 2.00. The molecule has 0 spiro atoms. The molecule has 0 aliphatic carbocycles. The summed E-state index contributed by atoms with van der Waals surface area (Å²) in [4.78, 5) is 0. The van der Waals surface area contributed by atoms with Crippen molar-refractivity contribution in [1.29, 1.82) is 0 Å². The Morgan fingerprint density at radius 3 is 2.62 bits per heavy atom. The van der Waals surface area contributed by atoms with Gasteiger partial charge in [-0.15, -0.1) is 0 Å². The summed E-state index contributed by atoms with van der Waals surface area (Å²) in [6.07, 6.45) is 0.475. The molecule has 2 nitrogen and oxygen atoms in total. The summed E-state index contributed by atoms with van der Waals surface area (Å²) in [5.41, 5.74) is 7.15. The molecule has 2 rings (SSSR count). The van der Waals surface area contributed by atoms with Crippen LogP contribution >= 0.6 is 39.1 Å². The van der Waals surface area contributed by atoms with Gasteiger partial charge in [0.1, 0.15) is 11.9 Å². The van der Waals surface area contributed by atoms with Gasteiger partial charge in [0.05, 0.1) is 5.02 Å². The first kappa shape index (κ1) is 16.6. The molecule has 21 heavy (non-hydrogen) atoms. The maximum Gasteiger partial charge on any atom is 0.140 e. The highest BCUT2D eigenvalue weighted by Crippen LogP contribution is 2.33. The SMILES string of the molecule is CCC(N)C(Oc1cc(Br)ccc1Cl)c1cccc(Cl)c1. The number of nitrogens with two attached hydrogens (primary N) is 1. The molecule has 0 saturated carbocycles. The molecule has 2 unspecified atom stereocenters. The van der Waals surface area contributed by atoms with Crippen molar-refractivity contribution in [2.45, 2.75) is 25.5 Å². The molecule has 112 valence electrons. The Bertz CT molecular complexity index is 621. The number of hydrogen-bond acceptors (Lipinski definition) is 2. The van der Waals surface area contributed by atoms with Gasteiger partial charge in [0.2, 0.25) is 0 Å². The van der Waals surface area contributed by atoms with Crippen LogP contribution in [0.2, 0.25) is 10.0 Å². The van der Waals surface area contributed by atoms with Crippen molar-refractivity contribution in [3.63, 3.8) is 0 Å². The van der Waals surface area contributed by atoms with E-state index >= 15 is 0 Å². The lowest BCUT2D eigenvalue weighted by atomic mass is 10.0. The molecule has 2 atom stereocenters. The van der Waals surface area contributed by atoms with E-state index in [1.54, 1.807) is 6.07 Å². The van der Waals surface area contributed by atoms with Gasteiger partial charge in [0.25, 0.3) is 0 Å². The zero-order valence-electron chi connectivity index (χ0n) is 11.5. The average Bonchev–Trinajstić information content (AvgIpc) is 2.47. The second-order valence-electron chi connectivity index (χ2n) is 4.74. The third-order valence-electron chi connectivity index (χ3n) is 3.18. The number of halogens is 3. The van der Waals surface area contributed by atoms with Crippen LogP contribution in [-0.2, 0) is 0 Å². The largest absolute Gasteiger partial charge is 0.482 e. The molecule has 0 heterocycles. The molecule has 0 amide bonds. The minimum absolute atomic E-state index is 0.154. The zero-order chi connectivity index (χ0) is 15.4. The van der Waals surface area contributed by atoms with E-state index < -0.39 is 0 Å². The highest BCUT2D eigenvalue weighted by atomic mass is 79.9. The topological polar surface area (TPSA) is 35.2 Å². The van der Waals surface area contributed by atoms with E-state index in [0.29, 0.717) is 15.8 Å². The van der Waals surface area contributed by atoms with Gasteiger partial charge >= 0.3 is 0 Å². The van der Waals surface area contributed by atoms with Gasteiger partial charge in [0.15, 0.2) is 0 Å². The predicted molar refractivity (Wildman–Crippen MR) is 92.2 cm³/mol. The molecule has 0 fully saturated rings. The van der Waals surface area contributed by atoms with Crippen LogP contribution in [0, 0.1) is 0 Å². The molecule has 0 aliphatic rings. The minimum Gasteiger partial charge on any atom is -0.482 e. The Kier molecular flexibility index (Phi) is 5.94. The minimum atomic E-state index is -0.305. The lowest BCUT2D eigenvalue weighted by molar-refractivity contribution is 0.171. The number of benzene rings is 2. The summed E-state index contributed by atoms with van der Waals surface area (Å²) in [6, 6.07) is 12.9. The average molecular weight is 389 g/mol. The molecule has 2 N–H and O–H groups in total. The first-order chi connectivity index (χ1) is 10.0. The van der Waals surface area contributed by atoms with Crippen LogP contribution in [0.3, 0.4) is 0 Å². The van der Waals surface area contributed by atoms with Crippen LogP contribution in [0.25, 0.3) is 0 Å². The molecule has 5 heteroatoms. The van der Waals surface area contributed by atoms with Gasteiger partial charge < -0.3 is 10.5 Å². The monoisotopic (exact) mass is 387 g/mol. The van der Waals surface area contributed by atoms with Crippen molar-refractivity contribution in [2.24, 2.45) is 5.73 Å². The predicted octanol–water partition coefficient (Wildman–Crippen LogP) is 5.61. The van der Waals surface area contributed by atoms with E-state index in [1.165, 1.54) is 0 Å². The molecule has 0 aliphatic heterocycles. The van der Waals surface area contributed by atoms with Crippen molar-refractivity contribution in [3.05, 3.63) is 62.5 Å². The molecule has 0 radical (unpaired) electrons. The highest BCUT2D eigenvalue weighted by molar-refractivity contribution is 9.10. The summed E-state index contributed by atoms with van der Waals surface area (Å²) in [7, 11) is 0. The second-order valence-corrected chi connectivity index (χ2v) is 6.50. The summed E-state index contributed by atoms with van der Waals surface area (Å²) >= 11 is 15.7. The van der Waals surface area contributed by atoms with Crippen molar-refractivity contribution in [3.8, 4) is 5.75 Å². The standard InChI is InChI=1S/C16H16BrCl2NO/c1-2-14(20)16(10-4-3-5-12(18)8-10)21-15-9-11(17)6-7-13(15)19/h3-9,14,16H,2,20H2,1H3. The lowest BCUT2D eigenvalue weighted by Gasteiger charge is -2.25. The normalized spacial score (nSPS) is 13.8. The fourth-order valence-corrected chi connectivity index (χ4v) is 2.71. The van der Waals surface area contributed by atoms with E-state index in [4.69, 9.17) is 33.7 Å². The third-order valence-corrected chi connectivity index (χ3v) is 4.23. The van der Waals surface area contributed by atoms with E-state index in [2.05, 4.69) is 15.9 Å². The van der Waals surface area contributed by atoms with Crippen LogP contribution < -0.4 is 10.5 Å². The van der Waals surface area contributed by atoms with Crippen molar-refractivity contribution in [1.82, 2.24) is 0 Å². The summed E-state index contributed by atoms with van der Waals surface area (Å²) in [5.74, 6) is 0.597.